The lowest BCUT2D eigenvalue weighted by Gasteiger charge is -2.02. The Morgan fingerprint density at radius 1 is 1.24 bits per heavy atom. The quantitative estimate of drug-likeness (QED) is 0.574. The van der Waals surface area contributed by atoms with Crippen molar-refractivity contribution < 1.29 is 9.53 Å². The number of para-hydroxylation sites is 1. The third kappa shape index (κ3) is 5.00. The van der Waals surface area contributed by atoms with E-state index in [0.717, 1.165) is 34.8 Å². The van der Waals surface area contributed by atoms with E-state index in [1.807, 2.05) is 46.6 Å². The summed E-state index contributed by atoms with van der Waals surface area (Å²) in [6.45, 7) is 2.38. The first-order valence-corrected chi connectivity index (χ1v) is 9.30. The fourth-order valence-corrected chi connectivity index (χ4v) is 3.31. The summed E-state index contributed by atoms with van der Waals surface area (Å²) in [5, 5.41) is 7.39. The topological polar surface area (TPSA) is 57.0 Å². The molecule has 0 saturated carbocycles. The Labute approximate surface area is 151 Å². The Balaban J connectivity index is 1.45. The Morgan fingerprint density at radius 2 is 2.08 bits per heavy atom. The largest absolute Gasteiger partial charge is 0.459 e. The Bertz CT molecular complexity index is 811. The third-order valence-electron chi connectivity index (χ3n) is 3.72. The standard InChI is InChI=1S/C19H21N3O2S/c1-2-6-18-21-16(14-25-18)13-24-19(23)10-9-15-11-20-22(12-15)17-7-4-3-5-8-17/h3-5,7-8,11-12,14H,2,6,9-10,13H2,1H3. The van der Waals surface area contributed by atoms with Crippen molar-refractivity contribution >= 4 is 17.3 Å². The van der Waals surface area contributed by atoms with Gasteiger partial charge in [-0.15, -0.1) is 11.3 Å². The van der Waals surface area contributed by atoms with Crippen LogP contribution in [0.5, 0.6) is 0 Å². The zero-order valence-electron chi connectivity index (χ0n) is 14.2. The molecule has 3 aromatic rings. The van der Waals surface area contributed by atoms with Crippen molar-refractivity contribution in [2.75, 3.05) is 0 Å². The van der Waals surface area contributed by atoms with Crippen LogP contribution in [0, 0.1) is 0 Å². The number of benzene rings is 1. The van der Waals surface area contributed by atoms with Gasteiger partial charge in [-0.3, -0.25) is 4.79 Å². The molecule has 0 saturated heterocycles. The van der Waals surface area contributed by atoms with Gasteiger partial charge in [-0.2, -0.15) is 5.10 Å². The lowest BCUT2D eigenvalue weighted by atomic mass is 10.2. The first-order valence-electron chi connectivity index (χ1n) is 8.42. The molecule has 0 amide bonds. The van der Waals surface area contributed by atoms with E-state index in [2.05, 4.69) is 17.0 Å². The van der Waals surface area contributed by atoms with E-state index in [0.29, 0.717) is 12.8 Å². The number of aromatic nitrogens is 3. The molecule has 0 atom stereocenters. The summed E-state index contributed by atoms with van der Waals surface area (Å²) in [6, 6.07) is 9.89. The van der Waals surface area contributed by atoms with Gasteiger partial charge < -0.3 is 4.74 Å². The number of hydrogen-bond acceptors (Lipinski definition) is 5. The lowest BCUT2D eigenvalue weighted by Crippen LogP contribution is -2.06. The van der Waals surface area contributed by atoms with E-state index < -0.39 is 0 Å². The van der Waals surface area contributed by atoms with Crippen molar-refractivity contribution in [3.05, 3.63) is 64.4 Å². The molecular formula is C19H21N3O2S. The fourth-order valence-electron chi connectivity index (χ4n) is 2.43. The molecule has 0 unspecified atom stereocenters. The van der Waals surface area contributed by atoms with Crippen LogP contribution in [0.3, 0.4) is 0 Å². The summed E-state index contributed by atoms with van der Waals surface area (Å²) in [4.78, 5) is 16.4. The number of aryl methyl sites for hydroxylation is 2. The average Bonchev–Trinajstić information content (AvgIpc) is 3.29. The van der Waals surface area contributed by atoms with Gasteiger partial charge >= 0.3 is 5.97 Å². The molecule has 5 nitrogen and oxygen atoms in total. The van der Waals surface area contributed by atoms with E-state index in [1.54, 1.807) is 17.5 Å². The van der Waals surface area contributed by atoms with Gasteiger partial charge in [-0.05, 0) is 37.0 Å². The average molecular weight is 355 g/mol. The minimum atomic E-state index is -0.211. The number of rotatable bonds is 8. The summed E-state index contributed by atoms with van der Waals surface area (Å²) < 4.78 is 7.12. The van der Waals surface area contributed by atoms with Gasteiger partial charge in [0, 0.05) is 18.0 Å². The summed E-state index contributed by atoms with van der Waals surface area (Å²) in [6.07, 6.45) is 6.74. The molecule has 3 rings (SSSR count). The minimum Gasteiger partial charge on any atom is -0.459 e. The summed E-state index contributed by atoms with van der Waals surface area (Å²) in [7, 11) is 0. The number of nitrogens with zero attached hydrogens (tertiary/aromatic N) is 3. The third-order valence-corrected chi connectivity index (χ3v) is 4.68. The number of esters is 1. The lowest BCUT2D eigenvalue weighted by molar-refractivity contribution is -0.145. The van der Waals surface area contributed by atoms with Gasteiger partial charge in [0.05, 0.1) is 22.6 Å². The smallest absolute Gasteiger partial charge is 0.306 e. The summed E-state index contributed by atoms with van der Waals surface area (Å²) >= 11 is 1.62. The molecule has 0 radical (unpaired) electrons. The molecule has 2 aromatic heterocycles. The highest BCUT2D eigenvalue weighted by molar-refractivity contribution is 7.09. The van der Waals surface area contributed by atoms with Gasteiger partial charge in [-0.1, -0.05) is 25.1 Å². The van der Waals surface area contributed by atoms with E-state index in [1.165, 1.54) is 0 Å². The molecule has 130 valence electrons. The number of thiazole rings is 1. The highest BCUT2D eigenvalue weighted by Gasteiger charge is 2.08. The first-order chi connectivity index (χ1) is 12.2. The summed E-state index contributed by atoms with van der Waals surface area (Å²) in [5.41, 5.74) is 2.85. The molecule has 0 N–H and O–H groups in total. The molecule has 1 aromatic carbocycles. The number of ether oxygens (including phenoxy) is 1. The van der Waals surface area contributed by atoms with E-state index >= 15 is 0 Å². The maximum absolute atomic E-state index is 11.9. The van der Waals surface area contributed by atoms with Crippen molar-refractivity contribution in [2.45, 2.75) is 39.2 Å². The van der Waals surface area contributed by atoms with E-state index in [9.17, 15) is 4.79 Å². The van der Waals surface area contributed by atoms with E-state index in [-0.39, 0.29) is 12.6 Å². The van der Waals surface area contributed by atoms with Crippen LogP contribution < -0.4 is 0 Å². The van der Waals surface area contributed by atoms with Gasteiger partial charge in [-0.25, -0.2) is 9.67 Å². The Morgan fingerprint density at radius 3 is 2.88 bits per heavy atom. The van der Waals surface area contributed by atoms with Crippen LogP contribution in [0.15, 0.2) is 48.1 Å². The van der Waals surface area contributed by atoms with Crippen LogP contribution in [0.2, 0.25) is 0 Å². The fraction of sp³-hybridized carbons (Fsp3) is 0.316. The maximum atomic E-state index is 11.9. The molecular weight excluding hydrogens is 334 g/mol. The van der Waals surface area contributed by atoms with Crippen molar-refractivity contribution in [2.24, 2.45) is 0 Å². The molecule has 6 heteroatoms. The SMILES string of the molecule is CCCc1nc(COC(=O)CCc2cnn(-c3ccccc3)c2)cs1. The van der Waals surface area contributed by atoms with Crippen molar-refractivity contribution in [1.29, 1.82) is 0 Å². The molecule has 0 aliphatic heterocycles. The maximum Gasteiger partial charge on any atom is 0.306 e. The zero-order chi connectivity index (χ0) is 17.5. The second-order valence-electron chi connectivity index (χ2n) is 5.77. The van der Waals surface area contributed by atoms with Crippen molar-refractivity contribution in [1.82, 2.24) is 14.8 Å². The monoisotopic (exact) mass is 355 g/mol. The predicted octanol–water partition coefficient (Wildman–Crippen LogP) is 3.96. The normalized spacial score (nSPS) is 10.8. The minimum absolute atomic E-state index is 0.211. The molecule has 25 heavy (non-hydrogen) atoms. The molecule has 0 fully saturated rings. The molecule has 0 aliphatic rings. The van der Waals surface area contributed by atoms with Gasteiger partial charge in [0.25, 0.3) is 0 Å². The number of carbonyl (C=O) groups is 1. The van der Waals surface area contributed by atoms with Gasteiger partial charge in [0.2, 0.25) is 0 Å². The second kappa shape index (κ2) is 8.58. The van der Waals surface area contributed by atoms with Crippen LogP contribution in [0.25, 0.3) is 5.69 Å². The molecule has 0 spiro atoms. The van der Waals surface area contributed by atoms with Crippen molar-refractivity contribution in [3.63, 3.8) is 0 Å². The predicted molar refractivity (Wildman–Crippen MR) is 97.8 cm³/mol. The van der Waals surface area contributed by atoms with Gasteiger partial charge in [0.15, 0.2) is 0 Å². The number of carbonyl (C=O) groups excluding carboxylic acids is 1. The Kier molecular flexibility index (Phi) is 5.95. The van der Waals surface area contributed by atoms with E-state index in [4.69, 9.17) is 4.74 Å². The first kappa shape index (κ1) is 17.4. The Hall–Kier alpha value is -2.47. The highest BCUT2D eigenvalue weighted by Crippen LogP contribution is 2.13. The molecule has 0 bridgehead atoms. The van der Waals surface area contributed by atoms with Crippen molar-refractivity contribution in [3.8, 4) is 5.69 Å². The van der Waals surface area contributed by atoms with Crippen LogP contribution in [0.4, 0.5) is 0 Å². The highest BCUT2D eigenvalue weighted by atomic mass is 32.1. The van der Waals surface area contributed by atoms with Crippen LogP contribution in [0.1, 0.15) is 36.0 Å². The molecule has 2 heterocycles. The zero-order valence-corrected chi connectivity index (χ0v) is 15.0. The second-order valence-corrected chi connectivity index (χ2v) is 6.71. The number of hydrogen-bond donors (Lipinski definition) is 0. The van der Waals surface area contributed by atoms with Crippen LogP contribution >= 0.6 is 11.3 Å². The van der Waals surface area contributed by atoms with Gasteiger partial charge in [0.1, 0.15) is 6.61 Å². The van der Waals surface area contributed by atoms with Crippen LogP contribution in [-0.2, 0) is 29.0 Å². The molecule has 0 aliphatic carbocycles. The van der Waals surface area contributed by atoms with Crippen LogP contribution in [-0.4, -0.2) is 20.7 Å². The summed E-state index contributed by atoms with van der Waals surface area (Å²) in [5.74, 6) is -0.211.